The molecule has 0 heterocycles. The van der Waals surface area contributed by atoms with Gasteiger partial charge >= 0.3 is 6.61 Å². The summed E-state index contributed by atoms with van der Waals surface area (Å²) in [4.78, 5) is 0. The largest absolute Gasteiger partial charge is 0.434 e. The van der Waals surface area contributed by atoms with E-state index in [1.54, 1.807) is 18.2 Å². The Kier molecular flexibility index (Phi) is 7.49. The minimum Gasteiger partial charge on any atom is -0.434 e. The molecule has 0 radical (unpaired) electrons. The van der Waals surface area contributed by atoms with E-state index < -0.39 is 6.61 Å². The Balaban J connectivity index is 2.51. The van der Waals surface area contributed by atoms with E-state index in [9.17, 15) is 8.78 Å². The van der Waals surface area contributed by atoms with Crippen molar-refractivity contribution in [1.82, 2.24) is 10.7 Å². The standard InChI is InChI=1S/C13H17F2N3OS/c1-2-3-8-16-13(20)18-17-9-10-6-4-5-7-11(10)19-12(14)15/h4-7,9,12H,2-3,8H2,1H3,(H2,16,18,20). The molecular formula is C13H17F2N3OS. The molecule has 0 spiro atoms. The quantitative estimate of drug-likeness (QED) is 0.352. The lowest BCUT2D eigenvalue weighted by atomic mass is 10.2. The molecular weight excluding hydrogens is 284 g/mol. The van der Waals surface area contributed by atoms with Crippen LogP contribution in [-0.2, 0) is 0 Å². The number of benzene rings is 1. The van der Waals surface area contributed by atoms with Crippen molar-refractivity contribution in [3.63, 3.8) is 0 Å². The van der Waals surface area contributed by atoms with Crippen molar-refractivity contribution in [3.8, 4) is 5.75 Å². The van der Waals surface area contributed by atoms with E-state index in [0.717, 1.165) is 19.4 Å². The fourth-order valence-corrected chi connectivity index (χ4v) is 1.52. The lowest BCUT2D eigenvalue weighted by Crippen LogP contribution is -2.32. The highest BCUT2D eigenvalue weighted by Crippen LogP contribution is 2.18. The Morgan fingerprint density at radius 1 is 1.45 bits per heavy atom. The summed E-state index contributed by atoms with van der Waals surface area (Å²) in [7, 11) is 0. The average molecular weight is 301 g/mol. The van der Waals surface area contributed by atoms with Crippen LogP contribution in [0.1, 0.15) is 25.3 Å². The van der Waals surface area contributed by atoms with E-state index in [1.165, 1.54) is 12.3 Å². The van der Waals surface area contributed by atoms with Crippen LogP contribution in [0.25, 0.3) is 0 Å². The summed E-state index contributed by atoms with van der Waals surface area (Å²) in [6.07, 6.45) is 3.46. The third-order valence-electron chi connectivity index (χ3n) is 2.32. The van der Waals surface area contributed by atoms with Crippen LogP contribution in [0.3, 0.4) is 0 Å². The molecule has 20 heavy (non-hydrogen) atoms. The molecule has 0 atom stereocenters. The molecule has 0 aliphatic rings. The van der Waals surface area contributed by atoms with Gasteiger partial charge in [-0.15, -0.1) is 0 Å². The maximum atomic E-state index is 12.2. The summed E-state index contributed by atoms with van der Waals surface area (Å²) in [5, 5.41) is 7.25. The van der Waals surface area contributed by atoms with Gasteiger partial charge in [0.1, 0.15) is 5.75 Å². The number of alkyl halides is 2. The van der Waals surface area contributed by atoms with E-state index in [2.05, 4.69) is 27.5 Å². The number of para-hydroxylation sites is 1. The number of hydrogen-bond acceptors (Lipinski definition) is 3. The normalized spacial score (nSPS) is 10.8. The first-order chi connectivity index (χ1) is 9.63. The van der Waals surface area contributed by atoms with Crippen molar-refractivity contribution in [1.29, 1.82) is 0 Å². The number of unbranched alkanes of at least 4 members (excludes halogenated alkanes) is 1. The molecule has 0 amide bonds. The number of thiocarbonyl (C=S) groups is 1. The van der Waals surface area contributed by atoms with Gasteiger partial charge in [-0.05, 0) is 30.8 Å². The lowest BCUT2D eigenvalue weighted by Gasteiger charge is -2.08. The molecule has 0 fully saturated rings. The first kappa shape index (κ1) is 16.3. The monoisotopic (exact) mass is 301 g/mol. The number of nitrogens with one attached hydrogen (secondary N) is 2. The molecule has 0 saturated carbocycles. The van der Waals surface area contributed by atoms with Crippen molar-refractivity contribution < 1.29 is 13.5 Å². The topological polar surface area (TPSA) is 45.7 Å². The van der Waals surface area contributed by atoms with Crippen LogP contribution in [-0.4, -0.2) is 24.5 Å². The molecule has 0 aliphatic heterocycles. The molecule has 4 nitrogen and oxygen atoms in total. The number of nitrogens with zero attached hydrogens (tertiary/aromatic N) is 1. The van der Waals surface area contributed by atoms with Crippen LogP contribution < -0.4 is 15.5 Å². The third-order valence-corrected chi connectivity index (χ3v) is 2.56. The lowest BCUT2D eigenvalue weighted by molar-refractivity contribution is -0.0499. The molecule has 0 aromatic heterocycles. The van der Waals surface area contributed by atoms with E-state index >= 15 is 0 Å². The van der Waals surface area contributed by atoms with Gasteiger partial charge in [-0.2, -0.15) is 13.9 Å². The van der Waals surface area contributed by atoms with Gasteiger partial charge in [-0.1, -0.05) is 25.5 Å². The second kappa shape index (κ2) is 9.19. The predicted octanol–water partition coefficient (Wildman–Crippen LogP) is 2.89. The van der Waals surface area contributed by atoms with E-state index in [1.807, 2.05) is 0 Å². The zero-order valence-electron chi connectivity index (χ0n) is 11.1. The molecule has 0 saturated heterocycles. The summed E-state index contributed by atoms with van der Waals surface area (Å²) >= 11 is 5.00. The van der Waals surface area contributed by atoms with Gasteiger partial charge in [0.25, 0.3) is 0 Å². The molecule has 2 N–H and O–H groups in total. The van der Waals surface area contributed by atoms with Crippen LogP contribution in [0.2, 0.25) is 0 Å². The highest BCUT2D eigenvalue weighted by molar-refractivity contribution is 7.80. The first-order valence-corrected chi connectivity index (χ1v) is 6.65. The fourth-order valence-electron chi connectivity index (χ4n) is 1.37. The number of rotatable bonds is 7. The van der Waals surface area contributed by atoms with Gasteiger partial charge < -0.3 is 10.1 Å². The Morgan fingerprint density at radius 2 is 2.20 bits per heavy atom. The molecule has 1 rings (SSSR count). The minimum absolute atomic E-state index is 0.0675. The second-order valence-electron chi connectivity index (χ2n) is 3.90. The summed E-state index contributed by atoms with van der Waals surface area (Å²) in [5.41, 5.74) is 3.06. The molecule has 0 unspecified atom stereocenters. The van der Waals surface area contributed by atoms with Crippen LogP contribution >= 0.6 is 12.2 Å². The SMILES string of the molecule is CCCCNC(=S)NN=Cc1ccccc1OC(F)F. The van der Waals surface area contributed by atoms with Gasteiger partial charge in [-0.3, -0.25) is 5.43 Å². The molecule has 0 aliphatic carbocycles. The van der Waals surface area contributed by atoms with E-state index in [-0.39, 0.29) is 5.75 Å². The predicted molar refractivity (Wildman–Crippen MR) is 79.3 cm³/mol. The minimum atomic E-state index is -2.87. The number of hydrazone groups is 1. The Bertz CT molecular complexity index is 455. The number of ether oxygens (including phenoxy) is 1. The smallest absolute Gasteiger partial charge is 0.387 e. The van der Waals surface area contributed by atoms with Gasteiger partial charge in [0, 0.05) is 12.1 Å². The van der Waals surface area contributed by atoms with Crippen molar-refractivity contribution in [2.45, 2.75) is 26.4 Å². The highest BCUT2D eigenvalue weighted by Gasteiger charge is 2.07. The molecule has 1 aromatic rings. The summed E-state index contributed by atoms with van der Waals surface area (Å²) < 4.78 is 28.8. The van der Waals surface area contributed by atoms with E-state index in [0.29, 0.717) is 10.7 Å². The summed E-state index contributed by atoms with van der Waals surface area (Å²) in [5.74, 6) is 0.0675. The van der Waals surface area contributed by atoms with Gasteiger partial charge in [0.2, 0.25) is 0 Å². The van der Waals surface area contributed by atoms with Crippen LogP contribution in [0, 0.1) is 0 Å². The van der Waals surface area contributed by atoms with Crippen LogP contribution in [0.15, 0.2) is 29.4 Å². The van der Waals surface area contributed by atoms with Crippen LogP contribution in [0.5, 0.6) is 5.75 Å². The summed E-state index contributed by atoms with van der Waals surface area (Å²) in [6.45, 7) is -0.0200. The van der Waals surface area contributed by atoms with Gasteiger partial charge in [-0.25, -0.2) is 0 Å². The second-order valence-corrected chi connectivity index (χ2v) is 4.30. The highest BCUT2D eigenvalue weighted by atomic mass is 32.1. The maximum absolute atomic E-state index is 12.2. The fraction of sp³-hybridized carbons (Fsp3) is 0.385. The van der Waals surface area contributed by atoms with Crippen molar-refractivity contribution in [2.24, 2.45) is 5.10 Å². The molecule has 110 valence electrons. The Morgan fingerprint density at radius 3 is 2.90 bits per heavy atom. The van der Waals surface area contributed by atoms with Crippen LogP contribution in [0.4, 0.5) is 8.78 Å². The zero-order valence-corrected chi connectivity index (χ0v) is 11.9. The number of halogens is 2. The molecule has 1 aromatic carbocycles. The van der Waals surface area contributed by atoms with Gasteiger partial charge in [0.15, 0.2) is 5.11 Å². The molecule has 0 bridgehead atoms. The maximum Gasteiger partial charge on any atom is 0.387 e. The van der Waals surface area contributed by atoms with Gasteiger partial charge in [0.05, 0.1) is 6.21 Å². The Labute approximate surface area is 122 Å². The van der Waals surface area contributed by atoms with Crippen molar-refractivity contribution >= 4 is 23.5 Å². The van der Waals surface area contributed by atoms with Crippen molar-refractivity contribution in [2.75, 3.05) is 6.54 Å². The summed E-state index contributed by atoms with van der Waals surface area (Å²) in [6, 6.07) is 6.39. The third kappa shape index (κ3) is 6.42. The number of hydrogen-bond donors (Lipinski definition) is 2. The zero-order chi connectivity index (χ0) is 14.8. The van der Waals surface area contributed by atoms with Crippen molar-refractivity contribution in [3.05, 3.63) is 29.8 Å². The van der Waals surface area contributed by atoms with E-state index in [4.69, 9.17) is 12.2 Å². The first-order valence-electron chi connectivity index (χ1n) is 6.24. The average Bonchev–Trinajstić information content (AvgIpc) is 2.40. The Hall–Kier alpha value is -1.76. The molecule has 7 heteroatoms.